The first-order valence-corrected chi connectivity index (χ1v) is 8.60. The molecule has 0 saturated heterocycles. The summed E-state index contributed by atoms with van der Waals surface area (Å²) in [7, 11) is 0. The highest BCUT2D eigenvalue weighted by atomic mass is 32.1. The Balaban J connectivity index is 1.77. The van der Waals surface area contributed by atoms with Crippen LogP contribution >= 0.6 is 11.3 Å². The van der Waals surface area contributed by atoms with Gasteiger partial charge < -0.3 is 10.7 Å². The van der Waals surface area contributed by atoms with Gasteiger partial charge in [-0.3, -0.25) is 9.69 Å². The van der Waals surface area contributed by atoms with Gasteiger partial charge >= 0.3 is 0 Å². The molecule has 0 radical (unpaired) electrons. The Labute approximate surface area is 138 Å². The highest BCUT2D eigenvalue weighted by Gasteiger charge is 2.20. The molecule has 6 heteroatoms. The number of rotatable bonds is 3. The van der Waals surface area contributed by atoms with Crippen LogP contribution in [0.3, 0.4) is 0 Å². The number of benzene rings is 1. The zero-order valence-corrected chi connectivity index (χ0v) is 13.7. The molecule has 0 spiro atoms. The number of thiophene rings is 1. The topological polar surface area (TPSA) is 75.0 Å². The number of carbonyl (C=O) groups excluding carboxylic acids is 1. The molecule has 0 bridgehead atoms. The first-order chi connectivity index (χ1) is 11.2. The van der Waals surface area contributed by atoms with Crippen LogP contribution in [0.5, 0.6) is 0 Å². The van der Waals surface area contributed by atoms with Gasteiger partial charge in [-0.25, -0.2) is 4.98 Å². The minimum atomic E-state index is -0.447. The summed E-state index contributed by atoms with van der Waals surface area (Å²) >= 11 is 1.79. The number of fused-ring (bicyclic) bond motifs is 2. The SMILES string of the molecule is CCN1CCc2sc(-c3nc4c(C(N)=O)cccc4[nH]3)cc2C1. The largest absolute Gasteiger partial charge is 0.366 e. The predicted molar refractivity (Wildman–Crippen MR) is 92.6 cm³/mol. The van der Waals surface area contributed by atoms with Crippen LogP contribution in [0.4, 0.5) is 0 Å². The number of H-pyrrole nitrogens is 1. The molecule has 1 aliphatic heterocycles. The number of nitrogens with two attached hydrogens (primary N) is 1. The molecule has 2 aromatic heterocycles. The predicted octanol–water partition coefficient (Wildman–Crippen LogP) is 2.77. The lowest BCUT2D eigenvalue weighted by molar-refractivity contribution is 0.100. The standard InChI is InChI=1S/C17H18N4OS/c1-2-21-7-6-13-10(9-21)8-14(23-13)17-19-12-5-3-4-11(16(18)22)15(12)20-17/h3-5,8H,2,6-7,9H2,1H3,(H2,18,22)(H,19,20). The van der Waals surface area contributed by atoms with Gasteiger partial charge in [0.1, 0.15) is 11.3 Å². The van der Waals surface area contributed by atoms with E-state index in [0.717, 1.165) is 42.3 Å². The Hall–Kier alpha value is -2.18. The second-order valence-corrected chi connectivity index (χ2v) is 6.97. The fraction of sp³-hybridized carbons (Fsp3) is 0.294. The van der Waals surface area contributed by atoms with E-state index in [2.05, 4.69) is 27.9 Å². The van der Waals surface area contributed by atoms with Crippen LogP contribution in [-0.2, 0) is 13.0 Å². The maximum atomic E-state index is 11.6. The minimum absolute atomic E-state index is 0.447. The van der Waals surface area contributed by atoms with Crippen molar-refractivity contribution in [1.29, 1.82) is 0 Å². The van der Waals surface area contributed by atoms with Gasteiger partial charge in [-0.05, 0) is 36.7 Å². The summed E-state index contributed by atoms with van der Waals surface area (Å²) in [5, 5.41) is 0. The van der Waals surface area contributed by atoms with E-state index in [1.165, 1.54) is 10.4 Å². The molecule has 118 valence electrons. The fourth-order valence-electron chi connectivity index (χ4n) is 3.13. The van der Waals surface area contributed by atoms with Crippen LogP contribution < -0.4 is 5.73 Å². The highest BCUT2D eigenvalue weighted by Crippen LogP contribution is 2.34. The molecular formula is C17H18N4OS. The van der Waals surface area contributed by atoms with Gasteiger partial charge in [0.2, 0.25) is 0 Å². The number of aromatic nitrogens is 2. The lowest BCUT2D eigenvalue weighted by atomic mass is 10.1. The van der Waals surface area contributed by atoms with Crippen LogP contribution in [0, 0.1) is 0 Å². The van der Waals surface area contributed by atoms with E-state index in [-0.39, 0.29) is 0 Å². The first-order valence-electron chi connectivity index (χ1n) is 7.78. The molecule has 3 aromatic rings. The van der Waals surface area contributed by atoms with Gasteiger partial charge in [-0.15, -0.1) is 11.3 Å². The Morgan fingerprint density at radius 2 is 2.35 bits per heavy atom. The zero-order valence-electron chi connectivity index (χ0n) is 12.9. The molecule has 3 heterocycles. The maximum Gasteiger partial charge on any atom is 0.250 e. The molecule has 1 aromatic carbocycles. The number of hydrogen-bond donors (Lipinski definition) is 2. The summed E-state index contributed by atoms with van der Waals surface area (Å²) in [6, 6.07) is 7.69. The molecule has 0 atom stereocenters. The van der Waals surface area contributed by atoms with Crippen LogP contribution in [0.25, 0.3) is 21.7 Å². The number of nitrogens with zero attached hydrogens (tertiary/aromatic N) is 2. The molecule has 1 amide bonds. The number of primary amides is 1. The van der Waals surface area contributed by atoms with E-state index in [9.17, 15) is 4.79 Å². The smallest absolute Gasteiger partial charge is 0.250 e. The average Bonchev–Trinajstić information content (AvgIpc) is 3.16. The summed E-state index contributed by atoms with van der Waals surface area (Å²) in [5.74, 6) is 0.369. The van der Waals surface area contributed by atoms with Crippen molar-refractivity contribution in [3.8, 4) is 10.7 Å². The summed E-state index contributed by atoms with van der Waals surface area (Å²) in [4.78, 5) is 24.5. The Bertz CT molecular complexity index is 895. The lowest BCUT2D eigenvalue weighted by Gasteiger charge is -2.24. The highest BCUT2D eigenvalue weighted by molar-refractivity contribution is 7.15. The van der Waals surface area contributed by atoms with Crippen molar-refractivity contribution >= 4 is 28.3 Å². The minimum Gasteiger partial charge on any atom is -0.366 e. The number of carbonyl (C=O) groups is 1. The van der Waals surface area contributed by atoms with E-state index in [1.54, 1.807) is 17.4 Å². The number of nitrogens with one attached hydrogen (secondary N) is 1. The third-order valence-electron chi connectivity index (χ3n) is 4.40. The summed E-state index contributed by atoms with van der Waals surface area (Å²) in [6.45, 7) is 5.41. The van der Waals surface area contributed by atoms with Crippen molar-refractivity contribution in [1.82, 2.24) is 14.9 Å². The van der Waals surface area contributed by atoms with Crippen LogP contribution in [-0.4, -0.2) is 33.9 Å². The van der Waals surface area contributed by atoms with Crippen molar-refractivity contribution < 1.29 is 4.79 Å². The Morgan fingerprint density at radius 1 is 1.48 bits per heavy atom. The Kier molecular flexibility index (Phi) is 3.43. The van der Waals surface area contributed by atoms with Gasteiger partial charge in [0, 0.05) is 18.0 Å². The number of amides is 1. The molecule has 0 aliphatic carbocycles. The van der Waals surface area contributed by atoms with Crippen LogP contribution in [0.1, 0.15) is 27.7 Å². The van der Waals surface area contributed by atoms with Crippen molar-refractivity contribution in [2.75, 3.05) is 13.1 Å². The second kappa shape index (κ2) is 5.47. The molecular weight excluding hydrogens is 308 g/mol. The normalized spacial score (nSPS) is 15.0. The zero-order chi connectivity index (χ0) is 16.0. The first kappa shape index (κ1) is 14.4. The molecule has 5 nitrogen and oxygen atoms in total. The van der Waals surface area contributed by atoms with Crippen molar-refractivity contribution in [3.05, 3.63) is 40.3 Å². The van der Waals surface area contributed by atoms with E-state index in [0.29, 0.717) is 11.1 Å². The summed E-state index contributed by atoms with van der Waals surface area (Å²) in [6.07, 6.45) is 1.10. The molecule has 0 fully saturated rings. The van der Waals surface area contributed by atoms with E-state index < -0.39 is 5.91 Å². The van der Waals surface area contributed by atoms with Gasteiger partial charge in [0.15, 0.2) is 0 Å². The number of para-hydroxylation sites is 1. The molecule has 0 unspecified atom stereocenters. The summed E-state index contributed by atoms with van der Waals surface area (Å²) < 4.78 is 0. The number of hydrogen-bond acceptors (Lipinski definition) is 4. The van der Waals surface area contributed by atoms with Gasteiger partial charge in [0.05, 0.1) is 16.0 Å². The number of aromatic amines is 1. The third kappa shape index (κ3) is 2.44. The molecule has 4 rings (SSSR count). The van der Waals surface area contributed by atoms with Gasteiger partial charge in [-0.1, -0.05) is 13.0 Å². The number of imidazole rings is 1. The molecule has 23 heavy (non-hydrogen) atoms. The van der Waals surface area contributed by atoms with Gasteiger partial charge in [0.25, 0.3) is 5.91 Å². The van der Waals surface area contributed by atoms with Crippen molar-refractivity contribution in [2.45, 2.75) is 19.9 Å². The van der Waals surface area contributed by atoms with E-state index in [4.69, 9.17) is 5.73 Å². The number of likely N-dealkylation sites (N-methyl/N-ethyl adjacent to an activating group) is 1. The average molecular weight is 326 g/mol. The van der Waals surface area contributed by atoms with E-state index in [1.807, 2.05) is 12.1 Å². The third-order valence-corrected chi connectivity index (χ3v) is 5.65. The van der Waals surface area contributed by atoms with E-state index >= 15 is 0 Å². The maximum absolute atomic E-state index is 11.6. The van der Waals surface area contributed by atoms with Crippen molar-refractivity contribution in [2.24, 2.45) is 5.73 Å². The Morgan fingerprint density at radius 3 is 3.13 bits per heavy atom. The monoisotopic (exact) mass is 326 g/mol. The molecule has 0 saturated carbocycles. The summed E-state index contributed by atoms with van der Waals surface area (Å²) in [5.41, 5.74) is 8.80. The quantitative estimate of drug-likeness (QED) is 0.777. The molecule has 1 aliphatic rings. The van der Waals surface area contributed by atoms with Crippen molar-refractivity contribution in [3.63, 3.8) is 0 Å². The van der Waals surface area contributed by atoms with Gasteiger partial charge in [-0.2, -0.15) is 0 Å². The van der Waals surface area contributed by atoms with Crippen LogP contribution in [0.2, 0.25) is 0 Å². The second-order valence-electron chi connectivity index (χ2n) is 5.83. The lowest BCUT2D eigenvalue weighted by Crippen LogP contribution is -2.29. The fourth-order valence-corrected chi connectivity index (χ4v) is 4.23. The molecule has 3 N–H and O–H groups in total. The van der Waals surface area contributed by atoms with Crippen LogP contribution in [0.15, 0.2) is 24.3 Å².